The Labute approximate surface area is 196 Å². The highest BCUT2D eigenvalue weighted by molar-refractivity contribution is 6.04. The Bertz CT molecular complexity index is 1150. The average Bonchev–Trinajstić information content (AvgIpc) is 2.87. The molecule has 0 unspecified atom stereocenters. The van der Waals surface area contributed by atoms with Crippen LogP contribution in [0.15, 0.2) is 84.9 Å². The van der Waals surface area contributed by atoms with Crippen molar-refractivity contribution in [2.45, 2.75) is 13.0 Å². The lowest BCUT2D eigenvalue weighted by Crippen LogP contribution is -2.43. The molecule has 174 valence electrons. The molecule has 0 fully saturated rings. The second-order valence-corrected chi connectivity index (χ2v) is 7.47. The van der Waals surface area contributed by atoms with Gasteiger partial charge in [-0.05, 0) is 53.5 Å². The first-order valence-electron chi connectivity index (χ1n) is 10.6. The molecule has 34 heavy (non-hydrogen) atoms. The Morgan fingerprint density at radius 1 is 0.882 bits per heavy atom. The topological polar surface area (TPSA) is 98.7 Å². The number of rotatable bonds is 8. The summed E-state index contributed by atoms with van der Waals surface area (Å²) < 4.78 is 13.2. The summed E-state index contributed by atoms with van der Waals surface area (Å²) in [6, 6.07) is 21.1. The van der Waals surface area contributed by atoms with Gasteiger partial charge in [0.2, 0.25) is 0 Å². The fourth-order valence-electron chi connectivity index (χ4n) is 3.17. The highest BCUT2D eigenvalue weighted by Crippen LogP contribution is 2.12. The van der Waals surface area contributed by atoms with E-state index in [0.29, 0.717) is 18.5 Å². The van der Waals surface area contributed by atoms with Crippen LogP contribution >= 0.6 is 0 Å². The zero-order valence-corrected chi connectivity index (χ0v) is 18.3. The van der Waals surface area contributed by atoms with Crippen molar-refractivity contribution in [3.8, 4) is 0 Å². The minimum Gasteiger partial charge on any atom is -0.320 e. The van der Waals surface area contributed by atoms with E-state index in [1.54, 1.807) is 66.7 Å². The Morgan fingerprint density at radius 2 is 1.53 bits per heavy atom. The third-order valence-corrected chi connectivity index (χ3v) is 5.02. The standard InChI is InChI=1S/C26H24FN3O4/c27-23-13-10-20(11-14-23)16-17-30(26(33)28-25(32)22-4-2-1-3-5-22)18-21-8-6-19(7-9-21)12-15-24(31)29-34/h1-15,34H,16-18H2,(H,29,31)(H,28,32,33)/b15-12+. The largest absolute Gasteiger partial charge is 0.324 e. The second-order valence-electron chi connectivity index (χ2n) is 7.47. The number of benzene rings is 3. The zero-order chi connectivity index (χ0) is 24.3. The van der Waals surface area contributed by atoms with Crippen molar-refractivity contribution >= 4 is 23.9 Å². The smallest absolute Gasteiger partial charge is 0.320 e. The molecule has 3 aromatic carbocycles. The average molecular weight is 461 g/mol. The van der Waals surface area contributed by atoms with Crippen molar-refractivity contribution in [2.75, 3.05) is 6.54 Å². The number of nitrogens with zero attached hydrogens (tertiary/aromatic N) is 1. The maximum Gasteiger partial charge on any atom is 0.324 e. The second kappa shape index (κ2) is 12.1. The monoisotopic (exact) mass is 461 g/mol. The molecule has 4 amide bonds. The number of carbonyl (C=O) groups is 3. The maximum atomic E-state index is 13.2. The molecule has 7 nitrogen and oxygen atoms in total. The van der Waals surface area contributed by atoms with Crippen LogP contribution in [-0.2, 0) is 17.8 Å². The highest BCUT2D eigenvalue weighted by atomic mass is 19.1. The summed E-state index contributed by atoms with van der Waals surface area (Å²) >= 11 is 0. The molecular formula is C26H24FN3O4. The van der Waals surface area contributed by atoms with E-state index in [9.17, 15) is 18.8 Å². The zero-order valence-electron chi connectivity index (χ0n) is 18.3. The Balaban J connectivity index is 1.71. The molecule has 0 saturated carbocycles. The lowest BCUT2D eigenvalue weighted by atomic mass is 10.1. The van der Waals surface area contributed by atoms with E-state index >= 15 is 0 Å². The summed E-state index contributed by atoms with van der Waals surface area (Å²) in [6.07, 6.45) is 3.20. The number of hydroxylamine groups is 1. The van der Waals surface area contributed by atoms with Gasteiger partial charge in [-0.2, -0.15) is 0 Å². The fourth-order valence-corrected chi connectivity index (χ4v) is 3.17. The first kappa shape index (κ1) is 24.3. The third kappa shape index (κ3) is 7.39. The molecule has 0 aromatic heterocycles. The molecule has 0 aliphatic heterocycles. The van der Waals surface area contributed by atoms with Crippen LogP contribution in [0.2, 0.25) is 0 Å². The molecule has 3 N–H and O–H groups in total. The molecular weight excluding hydrogens is 437 g/mol. The highest BCUT2D eigenvalue weighted by Gasteiger charge is 2.18. The summed E-state index contributed by atoms with van der Waals surface area (Å²) in [6.45, 7) is 0.536. The van der Waals surface area contributed by atoms with Crippen LogP contribution in [0.3, 0.4) is 0 Å². The third-order valence-electron chi connectivity index (χ3n) is 5.02. The minimum absolute atomic E-state index is 0.232. The van der Waals surface area contributed by atoms with Gasteiger partial charge in [0.15, 0.2) is 0 Å². The Morgan fingerprint density at radius 3 is 2.18 bits per heavy atom. The van der Waals surface area contributed by atoms with Gasteiger partial charge in [-0.15, -0.1) is 0 Å². The summed E-state index contributed by atoms with van der Waals surface area (Å²) in [5.74, 6) is -1.48. The molecule has 3 aromatic rings. The van der Waals surface area contributed by atoms with Crippen molar-refractivity contribution in [1.29, 1.82) is 0 Å². The first-order chi connectivity index (χ1) is 16.4. The normalized spacial score (nSPS) is 10.6. The summed E-state index contributed by atoms with van der Waals surface area (Å²) in [5, 5.41) is 11.0. The van der Waals surface area contributed by atoms with Crippen LogP contribution in [0.4, 0.5) is 9.18 Å². The molecule has 0 aliphatic carbocycles. The van der Waals surface area contributed by atoms with Crippen LogP contribution in [0.25, 0.3) is 6.08 Å². The number of imide groups is 1. The van der Waals surface area contributed by atoms with Crippen LogP contribution in [0, 0.1) is 5.82 Å². The van der Waals surface area contributed by atoms with E-state index in [2.05, 4.69) is 5.32 Å². The summed E-state index contributed by atoms with van der Waals surface area (Å²) in [5.41, 5.74) is 4.29. The molecule has 0 bridgehead atoms. The molecule has 0 radical (unpaired) electrons. The van der Waals surface area contributed by atoms with Crippen molar-refractivity contribution in [1.82, 2.24) is 15.7 Å². The SMILES string of the molecule is O=C(/C=C/c1ccc(CN(CCc2ccc(F)cc2)C(=O)NC(=O)c2ccccc2)cc1)NO. The number of urea groups is 1. The van der Waals surface area contributed by atoms with E-state index in [4.69, 9.17) is 5.21 Å². The van der Waals surface area contributed by atoms with E-state index in [-0.39, 0.29) is 12.4 Å². The van der Waals surface area contributed by atoms with Gasteiger partial charge in [0, 0.05) is 24.7 Å². The van der Waals surface area contributed by atoms with Crippen LogP contribution in [-0.4, -0.2) is 34.5 Å². The fraction of sp³-hybridized carbons (Fsp3) is 0.115. The van der Waals surface area contributed by atoms with Crippen molar-refractivity contribution in [3.63, 3.8) is 0 Å². The first-order valence-corrected chi connectivity index (χ1v) is 10.6. The number of hydrogen-bond donors (Lipinski definition) is 3. The lowest BCUT2D eigenvalue weighted by molar-refractivity contribution is -0.124. The lowest BCUT2D eigenvalue weighted by Gasteiger charge is -2.23. The predicted octanol–water partition coefficient (Wildman–Crippen LogP) is 3.94. The maximum absolute atomic E-state index is 13.2. The number of nitrogens with one attached hydrogen (secondary N) is 2. The quantitative estimate of drug-likeness (QED) is 0.269. The molecule has 0 aliphatic rings. The molecule has 0 atom stereocenters. The molecule has 0 spiro atoms. The van der Waals surface area contributed by atoms with E-state index in [1.165, 1.54) is 34.7 Å². The summed E-state index contributed by atoms with van der Waals surface area (Å²) in [4.78, 5) is 38.0. The number of halogens is 1. The molecule has 0 saturated heterocycles. The number of amides is 4. The van der Waals surface area contributed by atoms with Gasteiger partial charge >= 0.3 is 6.03 Å². The Kier molecular flexibility index (Phi) is 8.65. The van der Waals surface area contributed by atoms with E-state index in [1.807, 2.05) is 0 Å². The van der Waals surface area contributed by atoms with E-state index < -0.39 is 17.8 Å². The van der Waals surface area contributed by atoms with Gasteiger partial charge < -0.3 is 4.90 Å². The van der Waals surface area contributed by atoms with Gasteiger partial charge in [-0.3, -0.25) is 20.1 Å². The van der Waals surface area contributed by atoms with Crippen LogP contribution in [0.5, 0.6) is 0 Å². The molecule has 8 heteroatoms. The molecule has 0 heterocycles. The number of hydrogen-bond acceptors (Lipinski definition) is 4. The van der Waals surface area contributed by atoms with Gasteiger partial charge in [-0.1, -0.05) is 54.6 Å². The van der Waals surface area contributed by atoms with Crippen molar-refractivity contribution in [3.05, 3.63) is 113 Å². The van der Waals surface area contributed by atoms with Crippen LogP contribution < -0.4 is 10.8 Å². The van der Waals surface area contributed by atoms with Gasteiger partial charge in [0.1, 0.15) is 5.82 Å². The molecule has 3 rings (SSSR count). The van der Waals surface area contributed by atoms with E-state index in [0.717, 1.165) is 16.7 Å². The number of carbonyl (C=O) groups excluding carboxylic acids is 3. The Hall–Kier alpha value is -4.30. The van der Waals surface area contributed by atoms with Gasteiger partial charge in [0.05, 0.1) is 0 Å². The van der Waals surface area contributed by atoms with Gasteiger partial charge in [-0.25, -0.2) is 14.7 Å². The van der Waals surface area contributed by atoms with Crippen molar-refractivity contribution in [2.24, 2.45) is 0 Å². The van der Waals surface area contributed by atoms with Crippen molar-refractivity contribution < 1.29 is 24.0 Å². The van der Waals surface area contributed by atoms with Crippen LogP contribution in [0.1, 0.15) is 27.0 Å². The minimum atomic E-state index is -0.643. The summed E-state index contributed by atoms with van der Waals surface area (Å²) in [7, 11) is 0. The predicted molar refractivity (Wildman–Crippen MR) is 125 cm³/mol. The van der Waals surface area contributed by atoms with Gasteiger partial charge in [0.25, 0.3) is 11.8 Å².